The maximum absolute atomic E-state index is 13.7. The third kappa shape index (κ3) is 3.79. The first-order valence-electron chi connectivity index (χ1n) is 6.39. The van der Waals surface area contributed by atoms with Gasteiger partial charge in [-0.05, 0) is 41.9 Å². The van der Waals surface area contributed by atoms with E-state index >= 15 is 0 Å². The van der Waals surface area contributed by atoms with Crippen molar-refractivity contribution in [1.29, 1.82) is 0 Å². The number of carbonyl (C=O) groups excluding carboxylic acids is 2. The fourth-order valence-corrected chi connectivity index (χ4v) is 2.36. The molecule has 20 heavy (non-hydrogen) atoms. The van der Waals surface area contributed by atoms with E-state index in [-0.39, 0.29) is 18.0 Å². The van der Waals surface area contributed by atoms with Crippen LogP contribution in [0.1, 0.15) is 24.2 Å². The number of carbonyl (C=O) groups is 2. The van der Waals surface area contributed by atoms with Gasteiger partial charge in [0.2, 0.25) is 5.91 Å². The molecule has 0 fully saturated rings. The second kappa shape index (κ2) is 7.38. The topological polar surface area (TPSA) is 40.6 Å². The fourth-order valence-electron chi connectivity index (χ4n) is 1.84. The summed E-state index contributed by atoms with van der Waals surface area (Å²) in [5.41, 5.74) is -0.0534. The van der Waals surface area contributed by atoms with Gasteiger partial charge in [-0.3, -0.25) is 9.59 Å². The van der Waals surface area contributed by atoms with E-state index in [1.54, 1.807) is 11.0 Å². The molecule has 0 N–H and O–H groups in total. The SMILES string of the molecule is CCN(CC)C(=O)CN(C)C(=O)c1c(F)cccc1Br. The van der Waals surface area contributed by atoms with Crippen molar-refractivity contribution in [2.75, 3.05) is 26.7 Å². The molecule has 0 aliphatic carbocycles. The van der Waals surface area contributed by atoms with E-state index in [1.807, 2.05) is 13.8 Å². The van der Waals surface area contributed by atoms with Crippen LogP contribution in [0.4, 0.5) is 4.39 Å². The highest BCUT2D eigenvalue weighted by Gasteiger charge is 2.22. The molecule has 1 aromatic carbocycles. The number of halogens is 2. The van der Waals surface area contributed by atoms with Gasteiger partial charge in [0.15, 0.2) is 0 Å². The Balaban J connectivity index is 2.85. The average molecular weight is 345 g/mol. The van der Waals surface area contributed by atoms with E-state index in [0.29, 0.717) is 17.6 Å². The summed E-state index contributed by atoms with van der Waals surface area (Å²) in [7, 11) is 1.49. The van der Waals surface area contributed by atoms with Crippen LogP contribution in [0.15, 0.2) is 22.7 Å². The van der Waals surface area contributed by atoms with E-state index < -0.39 is 11.7 Å². The fraction of sp³-hybridized carbons (Fsp3) is 0.429. The van der Waals surface area contributed by atoms with Gasteiger partial charge in [0.1, 0.15) is 5.82 Å². The molecule has 0 atom stereocenters. The predicted octanol–water partition coefficient (Wildman–Crippen LogP) is 2.53. The van der Waals surface area contributed by atoms with Crippen molar-refractivity contribution < 1.29 is 14.0 Å². The number of nitrogens with zero attached hydrogens (tertiary/aromatic N) is 2. The van der Waals surface area contributed by atoms with Gasteiger partial charge in [-0.25, -0.2) is 4.39 Å². The van der Waals surface area contributed by atoms with Crippen LogP contribution < -0.4 is 0 Å². The van der Waals surface area contributed by atoms with Crippen LogP contribution in [0.25, 0.3) is 0 Å². The first kappa shape index (κ1) is 16.6. The van der Waals surface area contributed by atoms with E-state index in [4.69, 9.17) is 0 Å². The third-order valence-corrected chi connectivity index (χ3v) is 3.67. The summed E-state index contributed by atoms with van der Waals surface area (Å²) in [5.74, 6) is -1.28. The maximum atomic E-state index is 13.7. The van der Waals surface area contributed by atoms with E-state index in [9.17, 15) is 14.0 Å². The minimum Gasteiger partial charge on any atom is -0.342 e. The van der Waals surface area contributed by atoms with Crippen molar-refractivity contribution in [3.8, 4) is 0 Å². The molecule has 1 aromatic rings. The molecule has 4 nitrogen and oxygen atoms in total. The predicted molar refractivity (Wildman–Crippen MR) is 79.0 cm³/mol. The number of hydrogen-bond donors (Lipinski definition) is 0. The van der Waals surface area contributed by atoms with E-state index in [2.05, 4.69) is 15.9 Å². The highest BCUT2D eigenvalue weighted by Crippen LogP contribution is 2.21. The third-order valence-electron chi connectivity index (χ3n) is 3.01. The molecule has 0 aromatic heterocycles. The normalized spacial score (nSPS) is 10.2. The summed E-state index contributed by atoms with van der Waals surface area (Å²) in [6, 6.07) is 4.33. The zero-order valence-electron chi connectivity index (χ0n) is 11.8. The number of benzene rings is 1. The highest BCUT2D eigenvalue weighted by atomic mass is 79.9. The van der Waals surface area contributed by atoms with Gasteiger partial charge in [0.25, 0.3) is 5.91 Å². The Morgan fingerprint density at radius 1 is 1.25 bits per heavy atom. The number of hydrogen-bond acceptors (Lipinski definition) is 2. The van der Waals surface area contributed by atoms with Crippen molar-refractivity contribution in [3.05, 3.63) is 34.1 Å². The van der Waals surface area contributed by atoms with Gasteiger partial charge in [0, 0.05) is 24.6 Å². The maximum Gasteiger partial charge on any atom is 0.258 e. The number of amides is 2. The van der Waals surface area contributed by atoms with Gasteiger partial charge >= 0.3 is 0 Å². The summed E-state index contributed by atoms with van der Waals surface area (Å²) in [6.45, 7) is 4.84. The zero-order chi connectivity index (χ0) is 15.3. The summed E-state index contributed by atoms with van der Waals surface area (Å²) in [4.78, 5) is 27.0. The second-order valence-corrected chi connectivity index (χ2v) is 5.18. The molecule has 110 valence electrons. The quantitative estimate of drug-likeness (QED) is 0.823. The van der Waals surface area contributed by atoms with Crippen LogP contribution in [-0.2, 0) is 4.79 Å². The number of rotatable bonds is 5. The van der Waals surface area contributed by atoms with Crippen LogP contribution >= 0.6 is 15.9 Å². The first-order chi connectivity index (χ1) is 9.42. The second-order valence-electron chi connectivity index (χ2n) is 4.32. The van der Waals surface area contributed by atoms with Gasteiger partial charge in [-0.1, -0.05) is 6.07 Å². The molecule has 0 aliphatic heterocycles. The molecule has 0 saturated heterocycles. The Kier molecular flexibility index (Phi) is 6.13. The number of likely N-dealkylation sites (N-methyl/N-ethyl adjacent to an activating group) is 2. The Hall–Kier alpha value is -1.43. The molecule has 0 heterocycles. The molecule has 6 heteroatoms. The largest absolute Gasteiger partial charge is 0.342 e. The van der Waals surface area contributed by atoms with Crippen LogP contribution in [0, 0.1) is 5.82 Å². The van der Waals surface area contributed by atoms with Gasteiger partial charge < -0.3 is 9.80 Å². The lowest BCUT2D eigenvalue weighted by Gasteiger charge is -2.23. The average Bonchev–Trinajstić information content (AvgIpc) is 2.39. The molecular formula is C14H18BrFN2O2. The van der Waals surface area contributed by atoms with Crippen LogP contribution in [0.3, 0.4) is 0 Å². The molecule has 0 bridgehead atoms. The Labute approximate surface area is 126 Å². The smallest absolute Gasteiger partial charge is 0.258 e. The molecular weight excluding hydrogens is 327 g/mol. The Bertz CT molecular complexity index is 484. The lowest BCUT2D eigenvalue weighted by molar-refractivity contribution is -0.131. The van der Waals surface area contributed by atoms with E-state index in [0.717, 1.165) is 0 Å². The lowest BCUT2D eigenvalue weighted by Crippen LogP contribution is -2.41. The minimum absolute atomic E-state index is 0.0534. The molecule has 1 rings (SSSR count). The minimum atomic E-state index is -0.605. The molecule has 0 aliphatic rings. The first-order valence-corrected chi connectivity index (χ1v) is 7.18. The Morgan fingerprint density at radius 3 is 2.35 bits per heavy atom. The highest BCUT2D eigenvalue weighted by molar-refractivity contribution is 9.10. The molecule has 2 amide bonds. The summed E-state index contributed by atoms with van der Waals surface area (Å²) in [5, 5.41) is 0. The molecule has 0 unspecified atom stereocenters. The van der Waals surface area contributed by atoms with Gasteiger partial charge in [-0.15, -0.1) is 0 Å². The van der Waals surface area contributed by atoms with Crippen LogP contribution in [0.2, 0.25) is 0 Å². The van der Waals surface area contributed by atoms with Crippen molar-refractivity contribution in [2.45, 2.75) is 13.8 Å². The van der Waals surface area contributed by atoms with Crippen molar-refractivity contribution in [1.82, 2.24) is 9.80 Å². The summed E-state index contributed by atoms with van der Waals surface area (Å²) < 4.78 is 14.1. The monoisotopic (exact) mass is 344 g/mol. The molecule has 0 saturated carbocycles. The molecule has 0 spiro atoms. The van der Waals surface area contributed by atoms with Crippen molar-refractivity contribution in [2.24, 2.45) is 0 Å². The summed E-state index contributed by atoms with van der Waals surface area (Å²) >= 11 is 3.16. The van der Waals surface area contributed by atoms with Gasteiger partial charge in [0.05, 0.1) is 12.1 Å². The Morgan fingerprint density at radius 2 is 1.85 bits per heavy atom. The van der Waals surface area contributed by atoms with E-state index in [1.165, 1.54) is 24.1 Å². The molecule has 0 radical (unpaired) electrons. The standard InChI is InChI=1S/C14H18BrFN2O2/c1-4-18(5-2)12(19)9-17(3)14(20)13-10(15)7-6-8-11(13)16/h6-8H,4-5,9H2,1-3H3. The van der Waals surface area contributed by atoms with Crippen molar-refractivity contribution >= 4 is 27.7 Å². The summed E-state index contributed by atoms with van der Waals surface area (Å²) in [6.07, 6.45) is 0. The van der Waals surface area contributed by atoms with Crippen LogP contribution in [-0.4, -0.2) is 48.3 Å². The van der Waals surface area contributed by atoms with Crippen LogP contribution in [0.5, 0.6) is 0 Å². The lowest BCUT2D eigenvalue weighted by atomic mass is 10.2. The van der Waals surface area contributed by atoms with Gasteiger partial charge in [-0.2, -0.15) is 0 Å². The zero-order valence-corrected chi connectivity index (χ0v) is 13.4. The van der Waals surface area contributed by atoms with Crippen molar-refractivity contribution in [3.63, 3.8) is 0 Å².